The third-order valence-electron chi connectivity index (χ3n) is 2.95. The van der Waals surface area contributed by atoms with Gasteiger partial charge in [-0.05, 0) is 37.3 Å². The van der Waals surface area contributed by atoms with Gasteiger partial charge in [0.2, 0.25) is 0 Å². The van der Waals surface area contributed by atoms with Crippen LogP contribution in [0.15, 0.2) is 42.7 Å². The van der Waals surface area contributed by atoms with Crippen LogP contribution in [-0.4, -0.2) is 26.2 Å². The van der Waals surface area contributed by atoms with Crippen LogP contribution in [0.3, 0.4) is 0 Å². The van der Waals surface area contributed by atoms with Gasteiger partial charge in [0.1, 0.15) is 11.9 Å². The summed E-state index contributed by atoms with van der Waals surface area (Å²) in [5, 5.41) is 4.67. The summed E-state index contributed by atoms with van der Waals surface area (Å²) in [6.07, 6.45) is 3.49. The molecule has 0 aliphatic carbocycles. The number of hydrogen-bond acceptors (Lipinski definition) is 6. The van der Waals surface area contributed by atoms with Gasteiger partial charge in [0.15, 0.2) is 5.82 Å². The van der Waals surface area contributed by atoms with E-state index in [9.17, 15) is 0 Å². The monoisotopic (exact) mass is 302 g/mol. The van der Waals surface area contributed by atoms with E-state index >= 15 is 0 Å². The van der Waals surface area contributed by atoms with Crippen LogP contribution in [0.4, 0.5) is 0 Å². The highest BCUT2D eigenvalue weighted by Crippen LogP contribution is 2.26. The first-order valence-corrected chi connectivity index (χ1v) is 7.18. The molecule has 0 fully saturated rings. The molecule has 7 heteroatoms. The molecule has 1 atom stereocenters. The number of hydrogen-bond donors (Lipinski definition) is 0. The standard InChI is InChI=1S/C14H14N4O2S/c1-10(19-2)13-16-14(21-17-13)20-12-6-4-11(5-7-12)18-9-3-8-15-18/h3-10H,1-2H3/t10-/m0/s1. The summed E-state index contributed by atoms with van der Waals surface area (Å²) in [5.41, 5.74) is 0.971. The Hall–Kier alpha value is -2.25. The van der Waals surface area contributed by atoms with E-state index in [1.807, 2.05) is 43.5 Å². The molecule has 0 aliphatic heterocycles. The maximum absolute atomic E-state index is 5.69. The van der Waals surface area contributed by atoms with Crippen molar-refractivity contribution in [1.82, 2.24) is 19.1 Å². The SMILES string of the molecule is CO[C@@H](C)c1nsc(Oc2ccc(-n3cccn3)cc2)n1. The van der Waals surface area contributed by atoms with Crippen LogP contribution >= 0.6 is 11.5 Å². The predicted octanol–water partition coefficient (Wildman–Crippen LogP) is 3.22. The molecule has 0 amide bonds. The molecular formula is C14H14N4O2S. The van der Waals surface area contributed by atoms with E-state index in [-0.39, 0.29) is 6.10 Å². The van der Waals surface area contributed by atoms with E-state index in [1.165, 1.54) is 11.5 Å². The van der Waals surface area contributed by atoms with Crippen molar-refractivity contribution in [3.63, 3.8) is 0 Å². The summed E-state index contributed by atoms with van der Waals surface area (Å²) < 4.78 is 16.9. The predicted molar refractivity (Wildman–Crippen MR) is 79.0 cm³/mol. The number of methoxy groups -OCH3 is 1. The lowest BCUT2D eigenvalue weighted by Crippen LogP contribution is -1.97. The highest BCUT2D eigenvalue weighted by Gasteiger charge is 2.12. The second-order valence-electron chi connectivity index (χ2n) is 4.34. The topological polar surface area (TPSA) is 62.1 Å². The van der Waals surface area contributed by atoms with Crippen molar-refractivity contribution in [2.24, 2.45) is 0 Å². The summed E-state index contributed by atoms with van der Waals surface area (Å²) in [5.74, 6) is 1.34. The molecule has 0 spiro atoms. The van der Waals surface area contributed by atoms with E-state index in [0.717, 1.165) is 5.69 Å². The largest absolute Gasteiger partial charge is 0.430 e. The molecule has 6 nitrogen and oxygen atoms in total. The number of ether oxygens (including phenoxy) is 2. The first-order chi connectivity index (χ1) is 10.3. The molecule has 2 heterocycles. The average molecular weight is 302 g/mol. The fourth-order valence-corrected chi connectivity index (χ4v) is 2.35. The van der Waals surface area contributed by atoms with Crippen LogP contribution in [0.25, 0.3) is 5.69 Å². The summed E-state index contributed by atoms with van der Waals surface area (Å²) in [6.45, 7) is 1.89. The Bertz CT molecular complexity index is 694. The van der Waals surface area contributed by atoms with E-state index < -0.39 is 0 Å². The lowest BCUT2D eigenvalue weighted by molar-refractivity contribution is 0.113. The van der Waals surface area contributed by atoms with Crippen molar-refractivity contribution >= 4 is 11.5 Å². The number of rotatable bonds is 5. The average Bonchev–Trinajstić information content (AvgIpc) is 3.18. The second kappa shape index (κ2) is 6.02. The van der Waals surface area contributed by atoms with E-state index in [1.54, 1.807) is 18.0 Å². The first kappa shape index (κ1) is 13.7. The lowest BCUT2D eigenvalue weighted by Gasteiger charge is -2.04. The molecule has 0 N–H and O–H groups in total. The van der Waals surface area contributed by atoms with Gasteiger partial charge in [0, 0.05) is 31.0 Å². The smallest absolute Gasteiger partial charge is 0.298 e. The minimum Gasteiger partial charge on any atom is -0.430 e. The van der Waals surface area contributed by atoms with Gasteiger partial charge in [-0.15, -0.1) is 0 Å². The van der Waals surface area contributed by atoms with Crippen molar-refractivity contribution in [1.29, 1.82) is 0 Å². The van der Waals surface area contributed by atoms with Crippen molar-refractivity contribution in [3.05, 3.63) is 48.5 Å². The second-order valence-corrected chi connectivity index (χ2v) is 5.06. The normalized spacial score (nSPS) is 12.3. The van der Waals surface area contributed by atoms with Gasteiger partial charge < -0.3 is 9.47 Å². The zero-order valence-electron chi connectivity index (χ0n) is 11.6. The summed E-state index contributed by atoms with van der Waals surface area (Å²) in [6, 6.07) is 9.49. The third-order valence-corrected chi connectivity index (χ3v) is 3.56. The van der Waals surface area contributed by atoms with Crippen molar-refractivity contribution < 1.29 is 9.47 Å². The molecule has 0 saturated carbocycles. The molecular weight excluding hydrogens is 288 g/mol. The van der Waals surface area contributed by atoms with Crippen LogP contribution in [-0.2, 0) is 4.74 Å². The number of nitrogens with zero attached hydrogens (tertiary/aromatic N) is 4. The molecule has 108 valence electrons. The molecule has 2 aromatic heterocycles. The lowest BCUT2D eigenvalue weighted by atomic mass is 10.3. The van der Waals surface area contributed by atoms with Gasteiger partial charge in [0.05, 0.1) is 5.69 Å². The molecule has 3 rings (SSSR count). The van der Waals surface area contributed by atoms with Crippen molar-refractivity contribution in [3.8, 4) is 16.6 Å². The maximum atomic E-state index is 5.69. The summed E-state index contributed by atoms with van der Waals surface area (Å²) >= 11 is 1.21. The zero-order valence-corrected chi connectivity index (χ0v) is 12.4. The van der Waals surface area contributed by atoms with Gasteiger partial charge in [0.25, 0.3) is 5.19 Å². The highest BCUT2D eigenvalue weighted by molar-refractivity contribution is 7.07. The molecule has 0 radical (unpaired) electrons. The van der Waals surface area contributed by atoms with E-state index in [0.29, 0.717) is 16.8 Å². The molecule has 0 aliphatic rings. The van der Waals surface area contributed by atoms with Gasteiger partial charge in [-0.1, -0.05) is 0 Å². The first-order valence-electron chi connectivity index (χ1n) is 6.40. The van der Waals surface area contributed by atoms with Gasteiger partial charge >= 0.3 is 0 Å². The van der Waals surface area contributed by atoms with Crippen LogP contribution in [0.5, 0.6) is 10.9 Å². The van der Waals surface area contributed by atoms with Crippen LogP contribution in [0.1, 0.15) is 18.9 Å². The zero-order chi connectivity index (χ0) is 14.7. The Kier molecular flexibility index (Phi) is 3.94. The van der Waals surface area contributed by atoms with Gasteiger partial charge in [-0.3, -0.25) is 0 Å². The van der Waals surface area contributed by atoms with Gasteiger partial charge in [-0.2, -0.15) is 14.5 Å². The van der Waals surface area contributed by atoms with Crippen molar-refractivity contribution in [2.45, 2.75) is 13.0 Å². The fourth-order valence-electron chi connectivity index (χ4n) is 1.72. The molecule has 0 saturated heterocycles. The molecule has 1 aromatic carbocycles. The van der Waals surface area contributed by atoms with E-state index in [2.05, 4.69) is 14.5 Å². The fraction of sp³-hybridized carbons (Fsp3) is 0.214. The molecule has 3 aromatic rings. The Morgan fingerprint density at radius 2 is 2.05 bits per heavy atom. The summed E-state index contributed by atoms with van der Waals surface area (Å²) in [7, 11) is 1.63. The molecule has 0 unspecified atom stereocenters. The molecule has 21 heavy (non-hydrogen) atoms. The maximum Gasteiger partial charge on any atom is 0.298 e. The Labute approximate surface area is 126 Å². The Morgan fingerprint density at radius 1 is 1.24 bits per heavy atom. The minimum absolute atomic E-state index is 0.138. The van der Waals surface area contributed by atoms with Crippen LogP contribution in [0.2, 0.25) is 0 Å². The van der Waals surface area contributed by atoms with Crippen molar-refractivity contribution in [2.75, 3.05) is 7.11 Å². The third kappa shape index (κ3) is 3.09. The van der Waals surface area contributed by atoms with Crippen LogP contribution < -0.4 is 4.74 Å². The Morgan fingerprint density at radius 3 is 2.71 bits per heavy atom. The highest BCUT2D eigenvalue weighted by atomic mass is 32.1. The quantitative estimate of drug-likeness (QED) is 0.724. The number of aromatic nitrogens is 4. The minimum atomic E-state index is -0.138. The van der Waals surface area contributed by atoms with E-state index in [4.69, 9.17) is 9.47 Å². The molecule has 0 bridgehead atoms. The number of benzene rings is 1. The van der Waals surface area contributed by atoms with Gasteiger partial charge in [-0.25, -0.2) is 4.68 Å². The van der Waals surface area contributed by atoms with Crippen LogP contribution in [0, 0.1) is 0 Å². The summed E-state index contributed by atoms with van der Waals surface area (Å²) in [4.78, 5) is 4.29. The Balaban J connectivity index is 1.72.